The predicted octanol–water partition coefficient (Wildman–Crippen LogP) is 7.22. The number of carboxylic acids is 1. The Kier molecular flexibility index (Phi) is 11.7. The van der Waals surface area contributed by atoms with Crippen molar-refractivity contribution in [3.8, 4) is 16.9 Å². The highest BCUT2D eigenvalue weighted by molar-refractivity contribution is 7.88. The fraction of sp³-hybridized carbons (Fsp3) is 0.538. The van der Waals surface area contributed by atoms with Gasteiger partial charge in [0, 0.05) is 55.5 Å². The van der Waals surface area contributed by atoms with Crippen molar-refractivity contribution in [3.05, 3.63) is 71.2 Å². The van der Waals surface area contributed by atoms with E-state index in [-0.39, 0.29) is 17.3 Å². The van der Waals surface area contributed by atoms with E-state index in [2.05, 4.69) is 24.1 Å². The van der Waals surface area contributed by atoms with E-state index in [4.69, 9.17) is 14.5 Å². The van der Waals surface area contributed by atoms with E-state index in [0.29, 0.717) is 61.8 Å². The molecule has 2 aromatic carbocycles. The van der Waals surface area contributed by atoms with Crippen LogP contribution in [0.4, 0.5) is 15.9 Å². The molecule has 5 rings (SSSR count). The van der Waals surface area contributed by atoms with Crippen LogP contribution in [0.25, 0.3) is 11.1 Å². The van der Waals surface area contributed by atoms with E-state index >= 15 is 0 Å². The first kappa shape index (κ1) is 38.5. The second kappa shape index (κ2) is 15.5. The highest BCUT2D eigenvalue weighted by Gasteiger charge is 2.37. The van der Waals surface area contributed by atoms with Gasteiger partial charge in [-0.25, -0.2) is 26.9 Å². The van der Waals surface area contributed by atoms with Gasteiger partial charge in [-0.15, -0.1) is 0 Å². The van der Waals surface area contributed by atoms with Crippen molar-refractivity contribution in [1.29, 1.82) is 0 Å². The minimum absolute atomic E-state index is 0.0391. The average Bonchev–Trinajstić information content (AvgIpc) is 3.04. The summed E-state index contributed by atoms with van der Waals surface area (Å²) in [7, 11) is -3.29. The fourth-order valence-electron chi connectivity index (χ4n) is 6.83. The lowest BCUT2D eigenvalue weighted by Gasteiger charge is -2.41. The van der Waals surface area contributed by atoms with Gasteiger partial charge >= 0.3 is 5.97 Å². The van der Waals surface area contributed by atoms with Gasteiger partial charge in [0.1, 0.15) is 17.4 Å². The second-order valence-electron chi connectivity index (χ2n) is 15.6. The lowest BCUT2D eigenvalue weighted by Crippen LogP contribution is -2.42. The number of benzene rings is 2. The van der Waals surface area contributed by atoms with Gasteiger partial charge in [-0.05, 0) is 94.2 Å². The lowest BCUT2D eigenvalue weighted by molar-refractivity contribution is -0.160. The minimum atomic E-state index is -3.29. The van der Waals surface area contributed by atoms with Crippen LogP contribution in [0.1, 0.15) is 83.2 Å². The molecule has 0 spiro atoms. The highest BCUT2D eigenvalue weighted by Crippen LogP contribution is 2.47. The van der Waals surface area contributed by atoms with Gasteiger partial charge in [0.25, 0.3) is 0 Å². The van der Waals surface area contributed by atoms with Gasteiger partial charge in [0.05, 0.1) is 24.2 Å². The van der Waals surface area contributed by atoms with E-state index in [1.165, 1.54) is 22.7 Å². The topological polar surface area (TPSA) is 121 Å². The lowest BCUT2D eigenvalue weighted by atomic mass is 9.82. The number of nitrogens with one attached hydrogen (secondary N) is 1. The minimum Gasteiger partial charge on any atom is -0.493 e. The summed E-state index contributed by atoms with van der Waals surface area (Å²) in [5.74, 6) is -0.0639. The third-order valence-electron chi connectivity index (χ3n) is 9.77. The number of hydrogen-bond acceptors (Lipinski definition) is 8. The molecule has 2 fully saturated rings. The molecule has 3 heterocycles. The summed E-state index contributed by atoms with van der Waals surface area (Å²) >= 11 is 0. The molecular weight excluding hydrogens is 672 g/mol. The summed E-state index contributed by atoms with van der Waals surface area (Å²) in [4.78, 5) is 20.4. The van der Waals surface area contributed by atoms with Crippen LogP contribution >= 0.6 is 0 Å². The van der Waals surface area contributed by atoms with Gasteiger partial charge in [-0.2, -0.15) is 0 Å². The van der Waals surface area contributed by atoms with Crippen molar-refractivity contribution in [2.45, 2.75) is 91.4 Å². The molecule has 10 nitrogen and oxygen atoms in total. The molecule has 278 valence electrons. The number of aryl methyl sites for hydroxylation is 1. The summed E-state index contributed by atoms with van der Waals surface area (Å²) in [5, 5.41) is 14.3. The molecule has 0 radical (unpaired) electrons. The maximum atomic E-state index is 13.4. The number of pyridine rings is 1. The number of halogens is 1. The summed E-state index contributed by atoms with van der Waals surface area (Å²) < 4.78 is 51.7. The van der Waals surface area contributed by atoms with Gasteiger partial charge < -0.3 is 24.8 Å². The fourth-order valence-corrected chi connectivity index (χ4v) is 7.70. The molecule has 3 aromatic rings. The molecule has 12 heteroatoms. The van der Waals surface area contributed by atoms with Gasteiger partial charge in [0.15, 0.2) is 6.10 Å². The highest BCUT2D eigenvalue weighted by atomic mass is 32.2. The maximum absolute atomic E-state index is 13.4. The van der Waals surface area contributed by atoms with E-state index in [1.807, 2.05) is 52.0 Å². The molecule has 2 aliphatic heterocycles. The molecule has 0 aliphatic carbocycles. The largest absolute Gasteiger partial charge is 0.493 e. The Morgan fingerprint density at radius 3 is 2.20 bits per heavy atom. The van der Waals surface area contributed by atoms with Crippen molar-refractivity contribution in [1.82, 2.24) is 9.29 Å². The number of rotatable bonds is 12. The van der Waals surface area contributed by atoms with Crippen LogP contribution in [-0.4, -0.2) is 79.5 Å². The Morgan fingerprint density at radius 2 is 1.65 bits per heavy atom. The molecule has 51 heavy (non-hydrogen) atoms. The zero-order chi connectivity index (χ0) is 37.1. The number of piperidine rings is 2. The quantitative estimate of drug-likeness (QED) is 0.200. The van der Waals surface area contributed by atoms with Crippen LogP contribution in [0.15, 0.2) is 48.5 Å². The third-order valence-corrected chi connectivity index (χ3v) is 11.1. The molecule has 2 N–H and O–H groups in total. The number of sulfonamides is 1. The SMILES string of the molecule is Cc1nc(NC2CCN(S(C)(=O)=O)CC2)c(-c2ccc(OCCc3ccc(F)cc3)cc2)c(N2CCC(C)(C)CC2)c1[C@H](OC(C)(C)C)C(=O)O. The number of carbonyl (C=O) groups is 1. The number of anilines is 2. The summed E-state index contributed by atoms with van der Waals surface area (Å²) in [6.45, 7) is 14.6. The van der Waals surface area contributed by atoms with Gasteiger partial charge in [-0.1, -0.05) is 38.1 Å². The monoisotopic (exact) mass is 724 g/mol. The molecule has 0 bridgehead atoms. The number of carboxylic acid groups (broad SMARTS) is 1. The first-order chi connectivity index (χ1) is 23.9. The molecule has 2 saturated heterocycles. The van der Waals surface area contributed by atoms with E-state index in [9.17, 15) is 22.7 Å². The van der Waals surface area contributed by atoms with Crippen LogP contribution in [0.2, 0.25) is 0 Å². The van der Waals surface area contributed by atoms with Crippen LogP contribution in [-0.2, 0) is 26.0 Å². The summed E-state index contributed by atoms with van der Waals surface area (Å²) in [6, 6.07) is 14.1. The van der Waals surface area contributed by atoms with Crippen molar-refractivity contribution in [2.75, 3.05) is 49.3 Å². The standard InChI is InChI=1S/C39H53FN4O6S/c1-26-32(35(37(45)46)50-38(2,3)4)34(43-23-19-39(5,6)20-24-43)33(36(41-26)42-30-16-21-44(22-17-30)51(7,47)48)28-10-14-31(15-11-28)49-25-18-27-8-12-29(40)13-9-27/h8-15,30,35H,16-25H2,1-7H3,(H,41,42)(H,45,46)/t35-/m0/s1. The Hall–Kier alpha value is -3.74. The van der Waals surface area contributed by atoms with Gasteiger partial charge in [-0.3, -0.25) is 0 Å². The van der Waals surface area contributed by atoms with E-state index in [0.717, 1.165) is 48.3 Å². The van der Waals surface area contributed by atoms with Crippen molar-refractivity contribution in [2.24, 2.45) is 5.41 Å². The smallest absolute Gasteiger partial charge is 0.337 e. The van der Waals surface area contributed by atoms with Crippen molar-refractivity contribution < 1.29 is 32.2 Å². The Balaban J connectivity index is 1.58. The molecule has 2 aliphatic rings. The van der Waals surface area contributed by atoms with Crippen LogP contribution in [0.3, 0.4) is 0 Å². The normalized spacial score (nSPS) is 18.0. The Labute approximate surface area is 302 Å². The zero-order valence-electron chi connectivity index (χ0n) is 31.0. The van der Waals surface area contributed by atoms with Crippen molar-refractivity contribution in [3.63, 3.8) is 0 Å². The first-order valence-corrected chi connectivity index (χ1v) is 19.6. The number of aliphatic carboxylic acids is 1. The Morgan fingerprint density at radius 1 is 1.04 bits per heavy atom. The maximum Gasteiger partial charge on any atom is 0.337 e. The van der Waals surface area contributed by atoms with Crippen LogP contribution < -0.4 is 15.0 Å². The van der Waals surface area contributed by atoms with Gasteiger partial charge in [0.2, 0.25) is 10.0 Å². The molecule has 1 atom stereocenters. The number of aromatic nitrogens is 1. The predicted molar refractivity (Wildman–Crippen MR) is 200 cm³/mol. The van der Waals surface area contributed by atoms with E-state index in [1.54, 1.807) is 12.1 Å². The molecule has 0 amide bonds. The van der Waals surface area contributed by atoms with Crippen LogP contribution in [0, 0.1) is 18.2 Å². The van der Waals surface area contributed by atoms with E-state index < -0.39 is 27.7 Å². The molecule has 0 saturated carbocycles. The summed E-state index contributed by atoms with van der Waals surface area (Å²) in [5.41, 5.74) is 3.88. The zero-order valence-corrected chi connectivity index (χ0v) is 31.8. The van der Waals surface area contributed by atoms with Crippen LogP contribution in [0.5, 0.6) is 5.75 Å². The summed E-state index contributed by atoms with van der Waals surface area (Å²) in [6.07, 6.45) is 3.67. The molecular formula is C39H53FN4O6S. The molecule has 0 unspecified atom stereocenters. The average molecular weight is 725 g/mol. The first-order valence-electron chi connectivity index (χ1n) is 17.8. The Bertz CT molecular complexity index is 1770. The molecule has 1 aromatic heterocycles. The number of hydrogen-bond donors (Lipinski definition) is 2. The number of nitrogens with zero attached hydrogens (tertiary/aromatic N) is 3. The third kappa shape index (κ3) is 9.99. The number of ether oxygens (including phenoxy) is 2. The second-order valence-corrected chi connectivity index (χ2v) is 17.6. The van der Waals surface area contributed by atoms with Crippen molar-refractivity contribution >= 4 is 27.5 Å².